The molecule has 1 nitrogen and oxygen atoms in total. The molecule has 0 radical (unpaired) electrons. The van der Waals surface area contributed by atoms with Crippen molar-refractivity contribution in [3.8, 4) is 23.3 Å². The van der Waals surface area contributed by atoms with Gasteiger partial charge >= 0.3 is 0 Å². The number of benzene rings is 3. The average molecular weight is 505 g/mol. The van der Waals surface area contributed by atoms with Crippen molar-refractivity contribution in [2.24, 2.45) is 5.92 Å². The maximum absolute atomic E-state index is 11.2. The number of rotatable bonds is 6. The van der Waals surface area contributed by atoms with Crippen molar-refractivity contribution in [2.45, 2.75) is 76.1 Å². The molecular formula is C35H40OSi. The van der Waals surface area contributed by atoms with Crippen molar-refractivity contribution < 1.29 is 5.11 Å². The highest BCUT2D eigenvalue weighted by molar-refractivity contribution is 6.90. The fourth-order valence-corrected chi connectivity index (χ4v) is 11.6. The summed E-state index contributed by atoms with van der Waals surface area (Å²) < 4.78 is 0. The van der Waals surface area contributed by atoms with E-state index in [9.17, 15) is 5.11 Å². The van der Waals surface area contributed by atoms with Gasteiger partial charge in [0.15, 0.2) is 0 Å². The predicted octanol–water partition coefficient (Wildman–Crippen LogP) is 8.30. The smallest absolute Gasteiger partial charge is 0.146 e. The van der Waals surface area contributed by atoms with Gasteiger partial charge in [0.25, 0.3) is 0 Å². The first kappa shape index (κ1) is 27.0. The Balaban J connectivity index is 1.65. The predicted molar refractivity (Wildman–Crippen MR) is 159 cm³/mol. The Hall–Kier alpha value is -3.04. The lowest BCUT2D eigenvalue weighted by Crippen LogP contribution is -2.43. The summed E-state index contributed by atoms with van der Waals surface area (Å²) in [4.78, 5) is 0. The molecule has 0 spiro atoms. The maximum Gasteiger partial charge on any atom is 0.146 e. The van der Waals surface area contributed by atoms with E-state index in [0.717, 1.165) is 17.5 Å². The second kappa shape index (κ2) is 11.1. The molecule has 2 unspecified atom stereocenters. The minimum atomic E-state index is -1.87. The standard InChI is InChI=1S/C35H40OSi/c1-26(2)37(27(3)4,28(5)6)24-23-29-15-13-14-20-33(29)34(36)22-21-32-25-35(32,30-16-9-7-10-17-30)31-18-11-8-12-19-31/h7-20,26-28,32,34,36H,25H2,1-6H3. The highest BCUT2D eigenvalue weighted by atomic mass is 28.3. The molecule has 0 heterocycles. The van der Waals surface area contributed by atoms with Crippen molar-refractivity contribution in [1.29, 1.82) is 0 Å². The molecule has 1 fully saturated rings. The van der Waals surface area contributed by atoms with Gasteiger partial charge < -0.3 is 5.11 Å². The first-order valence-corrected chi connectivity index (χ1v) is 15.9. The molecule has 0 aliphatic heterocycles. The van der Waals surface area contributed by atoms with E-state index < -0.39 is 14.2 Å². The Morgan fingerprint density at radius 3 is 1.73 bits per heavy atom. The van der Waals surface area contributed by atoms with Gasteiger partial charge in [-0.15, -0.1) is 5.54 Å². The highest BCUT2D eigenvalue weighted by Crippen LogP contribution is 2.58. The summed E-state index contributed by atoms with van der Waals surface area (Å²) in [7, 11) is -1.87. The van der Waals surface area contributed by atoms with E-state index in [1.165, 1.54) is 11.1 Å². The van der Waals surface area contributed by atoms with Crippen molar-refractivity contribution in [3.63, 3.8) is 0 Å². The summed E-state index contributed by atoms with van der Waals surface area (Å²) in [6.45, 7) is 14.0. The fraction of sp³-hybridized carbons (Fsp3) is 0.371. The van der Waals surface area contributed by atoms with E-state index in [1.54, 1.807) is 0 Å². The second-order valence-corrected chi connectivity index (χ2v) is 17.0. The highest BCUT2D eigenvalue weighted by Gasteiger charge is 2.55. The molecule has 2 heteroatoms. The van der Waals surface area contributed by atoms with Gasteiger partial charge in [-0.1, -0.05) is 138 Å². The number of aliphatic hydroxyl groups excluding tert-OH is 1. The molecule has 1 aliphatic rings. The van der Waals surface area contributed by atoms with E-state index in [4.69, 9.17) is 0 Å². The molecule has 1 saturated carbocycles. The van der Waals surface area contributed by atoms with Gasteiger partial charge in [0.2, 0.25) is 0 Å². The van der Waals surface area contributed by atoms with Gasteiger partial charge in [0, 0.05) is 22.5 Å². The molecule has 0 saturated heterocycles. The van der Waals surface area contributed by atoms with Crippen molar-refractivity contribution >= 4 is 8.07 Å². The molecule has 190 valence electrons. The Labute approximate surface area is 225 Å². The molecule has 3 aromatic carbocycles. The van der Waals surface area contributed by atoms with Gasteiger partial charge in [0.05, 0.1) is 0 Å². The van der Waals surface area contributed by atoms with E-state index >= 15 is 0 Å². The van der Waals surface area contributed by atoms with Crippen LogP contribution in [0.15, 0.2) is 84.9 Å². The van der Waals surface area contributed by atoms with Crippen LogP contribution in [0.25, 0.3) is 0 Å². The Bertz CT molecular complexity index is 1250. The maximum atomic E-state index is 11.2. The molecule has 0 aromatic heterocycles. The summed E-state index contributed by atoms with van der Waals surface area (Å²) in [5, 5.41) is 11.2. The zero-order chi connectivity index (χ0) is 26.6. The first-order chi connectivity index (χ1) is 17.7. The molecular weight excluding hydrogens is 464 g/mol. The molecule has 1 N–H and O–H groups in total. The molecule has 37 heavy (non-hydrogen) atoms. The quantitative estimate of drug-likeness (QED) is 0.264. The van der Waals surface area contributed by atoms with Gasteiger partial charge in [-0.25, -0.2) is 0 Å². The molecule has 1 aliphatic carbocycles. The molecule has 2 atom stereocenters. The normalized spacial score (nSPS) is 17.1. The fourth-order valence-electron chi connectivity index (χ4n) is 6.43. The first-order valence-electron chi connectivity index (χ1n) is 13.7. The second-order valence-electron chi connectivity index (χ2n) is 11.4. The minimum absolute atomic E-state index is 0.106. The van der Waals surface area contributed by atoms with Crippen LogP contribution in [-0.4, -0.2) is 13.2 Å². The molecule has 3 aromatic rings. The van der Waals surface area contributed by atoms with Crippen molar-refractivity contribution in [1.82, 2.24) is 0 Å². The van der Waals surface area contributed by atoms with Crippen LogP contribution in [0.2, 0.25) is 16.6 Å². The van der Waals surface area contributed by atoms with Crippen LogP contribution in [0, 0.1) is 29.2 Å². The Morgan fingerprint density at radius 1 is 0.730 bits per heavy atom. The van der Waals surface area contributed by atoms with E-state index in [0.29, 0.717) is 16.6 Å². The van der Waals surface area contributed by atoms with Crippen LogP contribution in [0.3, 0.4) is 0 Å². The number of aliphatic hydroxyl groups is 1. The lowest BCUT2D eigenvalue weighted by atomic mass is 9.86. The number of hydrogen-bond donors (Lipinski definition) is 1. The van der Waals surface area contributed by atoms with Gasteiger partial charge in [-0.05, 0) is 40.2 Å². The van der Waals surface area contributed by atoms with Crippen LogP contribution in [0.5, 0.6) is 0 Å². The summed E-state index contributed by atoms with van der Waals surface area (Å²) in [5.41, 5.74) is 9.69. The monoisotopic (exact) mass is 504 g/mol. The van der Waals surface area contributed by atoms with E-state index in [-0.39, 0.29) is 11.3 Å². The third kappa shape index (κ3) is 5.20. The van der Waals surface area contributed by atoms with Crippen molar-refractivity contribution in [3.05, 3.63) is 107 Å². The SMILES string of the molecule is CC(C)[Si](C#Cc1ccccc1C(O)C#CC1CC1(c1ccccc1)c1ccccc1)(C(C)C)C(C)C. The number of hydrogen-bond acceptors (Lipinski definition) is 1. The van der Waals surface area contributed by atoms with Crippen molar-refractivity contribution in [2.75, 3.05) is 0 Å². The molecule has 0 amide bonds. The van der Waals surface area contributed by atoms with Crippen LogP contribution < -0.4 is 0 Å². The summed E-state index contributed by atoms with van der Waals surface area (Å²) in [5.74, 6) is 10.4. The third-order valence-electron chi connectivity index (χ3n) is 8.47. The molecule has 4 rings (SSSR count). The van der Waals surface area contributed by atoms with Gasteiger partial charge in [-0.3, -0.25) is 0 Å². The Kier molecular flexibility index (Phi) is 8.13. The Morgan fingerprint density at radius 2 is 1.22 bits per heavy atom. The zero-order valence-electron chi connectivity index (χ0n) is 23.1. The average Bonchev–Trinajstić information content (AvgIpc) is 3.64. The lowest BCUT2D eigenvalue weighted by Gasteiger charge is -2.38. The largest absolute Gasteiger partial charge is 0.376 e. The van der Waals surface area contributed by atoms with E-state index in [2.05, 4.69) is 126 Å². The molecule has 0 bridgehead atoms. The summed E-state index contributed by atoms with van der Waals surface area (Å²) in [6, 6.07) is 29.3. The van der Waals surface area contributed by atoms with Gasteiger partial charge in [-0.2, -0.15) is 0 Å². The van der Waals surface area contributed by atoms with Crippen LogP contribution in [0.1, 0.15) is 76.3 Å². The third-order valence-corrected chi connectivity index (χ3v) is 14.8. The zero-order valence-corrected chi connectivity index (χ0v) is 24.1. The summed E-state index contributed by atoms with van der Waals surface area (Å²) >= 11 is 0. The van der Waals surface area contributed by atoms with E-state index in [1.807, 2.05) is 24.3 Å². The lowest BCUT2D eigenvalue weighted by molar-refractivity contribution is 0.238. The van der Waals surface area contributed by atoms with Crippen LogP contribution >= 0.6 is 0 Å². The summed E-state index contributed by atoms with van der Waals surface area (Å²) in [6.07, 6.45) is 0.108. The minimum Gasteiger partial charge on any atom is -0.376 e. The van der Waals surface area contributed by atoms with Gasteiger partial charge in [0.1, 0.15) is 14.2 Å². The van der Waals surface area contributed by atoms with Crippen LogP contribution in [-0.2, 0) is 5.41 Å². The van der Waals surface area contributed by atoms with Crippen LogP contribution in [0.4, 0.5) is 0 Å². The topological polar surface area (TPSA) is 20.2 Å².